The van der Waals surface area contributed by atoms with Crippen molar-refractivity contribution < 1.29 is 28.6 Å². The fourth-order valence-electron chi connectivity index (χ4n) is 9.85. The molecule has 0 aromatic carbocycles. The van der Waals surface area contributed by atoms with E-state index in [4.69, 9.17) is 14.2 Å². The largest absolute Gasteiger partial charge is 0.462 e. The summed E-state index contributed by atoms with van der Waals surface area (Å²) in [5.41, 5.74) is 0. The van der Waals surface area contributed by atoms with Crippen LogP contribution in [0.4, 0.5) is 0 Å². The van der Waals surface area contributed by atoms with Crippen molar-refractivity contribution in [1.82, 2.24) is 0 Å². The van der Waals surface area contributed by atoms with Crippen molar-refractivity contribution in [2.75, 3.05) is 13.2 Å². The fraction of sp³-hybridized carbons (Fsp3) is 0.953. The highest BCUT2D eigenvalue weighted by molar-refractivity contribution is 5.71. The van der Waals surface area contributed by atoms with Crippen LogP contribution in [0.2, 0.25) is 0 Å². The number of carbonyl (C=O) groups is 3. The molecule has 0 aromatic rings. The van der Waals surface area contributed by atoms with Gasteiger partial charge in [-0.3, -0.25) is 14.4 Å². The van der Waals surface area contributed by atoms with Crippen molar-refractivity contribution in [2.45, 2.75) is 362 Å². The van der Waals surface area contributed by atoms with E-state index >= 15 is 0 Å². The summed E-state index contributed by atoms with van der Waals surface area (Å²) in [6, 6.07) is 0. The van der Waals surface area contributed by atoms with Crippen LogP contribution in [0.25, 0.3) is 0 Å². The van der Waals surface area contributed by atoms with Crippen LogP contribution in [-0.2, 0) is 28.6 Å². The Balaban J connectivity index is 4.25. The predicted molar refractivity (Wildman–Crippen MR) is 303 cm³/mol. The van der Waals surface area contributed by atoms with Gasteiger partial charge in [-0.1, -0.05) is 318 Å². The van der Waals surface area contributed by atoms with Crippen LogP contribution in [0.3, 0.4) is 0 Å². The third-order valence-corrected chi connectivity index (χ3v) is 15.0. The minimum absolute atomic E-state index is 0.0629. The zero-order valence-electron chi connectivity index (χ0n) is 48.3. The first-order valence-corrected chi connectivity index (χ1v) is 31.6. The van der Waals surface area contributed by atoms with Crippen molar-refractivity contribution in [3.63, 3.8) is 0 Å². The van der Waals surface area contributed by atoms with Crippen molar-refractivity contribution in [1.29, 1.82) is 0 Å². The second-order valence-corrected chi connectivity index (χ2v) is 23.2. The van der Waals surface area contributed by atoms with E-state index < -0.39 is 6.10 Å². The van der Waals surface area contributed by atoms with E-state index in [1.165, 1.54) is 238 Å². The van der Waals surface area contributed by atoms with Crippen LogP contribution in [-0.4, -0.2) is 37.2 Å². The molecule has 1 unspecified atom stereocenters. The Kier molecular flexibility index (Phi) is 53.9. The highest BCUT2D eigenvalue weighted by Gasteiger charge is 2.19. The summed E-state index contributed by atoms with van der Waals surface area (Å²) in [7, 11) is 0. The predicted octanol–water partition coefficient (Wildman–Crippen LogP) is 21.1. The third kappa shape index (κ3) is 55.7. The van der Waals surface area contributed by atoms with Crippen LogP contribution >= 0.6 is 0 Å². The molecule has 6 heteroatoms. The van der Waals surface area contributed by atoms with Gasteiger partial charge in [-0.05, 0) is 37.0 Å². The first kappa shape index (κ1) is 68.4. The van der Waals surface area contributed by atoms with Gasteiger partial charge in [0.2, 0.25) is 0 Å². The molecule has 70 heavy (non-hydrogen) atoms. The Hall–Kier alpha value is -1.59. The molecule has 0 amide bonds. The smallest absolute Gasteiger partial charge is 0.306 e. The van der Waals surface area contributed by atoms with Crippen LogP contribution in [0.5, 0.6) is 0 Å². The van der Waals surface area contributed by atoms with E-state index in [1.807, 2.05) is 0 Å². The lowest BCUT2D eigenvalue weighted by Crippen LogP contribution is -2.30. The quantitative estimate of drug-likeness (QED) is 0.0343. The number of unbranched alkanes of at least 4 members (excludes halogenated alkanes) is 39. The average Bonchev–Trinajstić information content (AvgIpc) is 3.33. The molecule has 0 aromatic heterocycles. The van der Waals surface area contributed by atoms with Crippen LogP contribution in [0, 0.1) is 17.8 Å². The Morgan fingerprint density at radius 1 is 0.286 bits per heavy atom. The van der Waals surface area contributed by atoms with E-state index in [1.54, 1.807) is 0 Å². The molecule has 0 rings (SSSR count). The Morgan fingerprint density at radius 3 is 0.743 bits per heavy atom. The molecule has 0 aliphatic rings. The van der Waals surface area contributed by atoms with E-state index in [2.05, 4.69) is 41.5 Å². The molecule has 6 nitrogen and oxygen atoms in total. The number of esters is 3. The van der Waals surface area contributed by atoms with Gasteiger partial charge in [0.05, 0.1) is 0 Å². The molecular weight excluding hydrogens is 865 g/mol. The maximum absolute atomic E-state index is 12.9. The van der Waals surface area contributed by atoms with Crippen molar-refractivity contribution >= 4 is 17.9 Å². The fourth-order valence-corrected chi connectivity index (χ4v) is 9.85. The van der Waals surface area contributed by atoms with Crippen LogP contribution in [0.1, 0.15) is 356 Å². The van der Waals surface area contributed by atoms with Crippen LogP contribution < -0.4 is 0 Å². The summed E-state index contributed by atoms with van der Waals surface area (Å²) >= 11 is 0. The Morgan fingerprint density at radius 2 is 0.500 bits per heavy atom. The standard InChI is InChI=1S/C64H124O6/c1-7-60(6)52-46-40-34-28-21-17-12-10-8-9-11-13-18-22-29-35-41-47-53-62(65)68-56-61(57-69-63(66)54-48-42-36-30-25-24-27-33-39-45-51-59(4)5)70-64(67)55-49-43-37-31-23-19-15-14-16-20-26-32-38-44-50-58(2)3/h58-61H,7-57H2,1-6H3/t60?,61-/m1/s1. The maximum atomic E-state index is 12.9. The molecular formula is C64H124O6. The van der Waals surface area contributed by atoms with Crippen molar-refractivity contribution in [2.24, 2.45) is 17.8 Å². The summed E-state index contributed by atoms with van der Waals surface area (Å²) in [4.78, 5) is 38.3. The molecule has 0 saturated heterocycles. The molecule has 0 spiro atoms. The first-order valence-electron chi connectivity index (χ1n) is 31.6. The second kappa shape index (κ2) is 55.2. The summed E-state index contributed by atoms with van der Waals surface area (Å²) in [5, 5.41) is 0. The minimum Gasteiger partial charge on any atom is -0.462 e. The molecule has 0 fully saturated rings. The number of carbonyl (C=O) groups excluding carboxylic acids is 3. The minimum atomic E-state index is -0.764. The van der Waals surface area contributed by atoms with Gasteiger partial charge in [-0.2, -0.15) is 0 Å². The van der Waals surface area contributed by atoms with E-state index in [-0.39, 0.29) is 31.1 Å². The lowest BCUT2D eigenvalue weighted by Gasteiger charge is -2.18. The molecule has 0 saturated carbocycles. The molecule has 0 heterocycles. The van der Waals surface area contributed by atoms with Gasteiger partial charge in [0, 0.05) is 19.3 Å². The summed E-state index contributed by atoms with van der Waals surface area (Å²) in [6.07, 6.45) is 59.6. The van der Waals surface area contributed by atoms with Gasteiger partial charge in [0.1, 0.15) is 13.2 Å². The van der Waals surface area contributed by atoms with E-state index in [0.717, 1.165) is 75.5 Å². The molecule has 0 aliphatic carbocycles. The Bertz CT molecular complexity index is 1090. The molecule has 416 valence electrons. The molecule has 0 radical (unpaired) electrons. The maximum Gasteiger partial charge on any atom is 0.306 e. The number of ether oxygens (including phenoxy) is 3. The molecule has 0 aliphatic heterocycles. The van der Waals surface area contributed by atoms with Gasteiger partial charge >= 0.3 is 17.9 Å². The van der Waals surface area contributed by atoms with E-state index in [9.17, 15) is 14.4 Å². The molecule has 0 N–H and O–H groups in total. The lowest BCUT2D eigenvalue weighted by molar-refractivity contribution is -0.167. The zero-order chi connectivity index (χ0) is 51.2. The number of rotatable bonds is 57. The van der Waals surface area contributed by atoms with Crippen molar-refractivity contribution in [3.05, 3.63) is 0 Å². The second-order valence-electron chi connectivity index (χ2n) is 23.2. The van der Waals surface area contributed by atoms with Gasteiger partial charge in [0.25, 0.3) is 0 Å². The van der Waals surface area contributed by atoms with Gasteiger partial charge in [-0.15, -0.1) is 0 Å². The topological polar surface area (TPSA) is 78.9 Å². The van der Waals surface area contributed by atoms with Crippen molar-refractivity contribution in [3.8, 4) is 0 Å². The van der Waals surface area contributed by atoms with Gasteiger partial charge in [0.15, 0.2) is 6.10 Å². The SMILES string of the molecule is CCC(C)CCCCCCCCCCCCCCCCCCCCC(=O)OC[C@H](COC(=O)CCCCCCCCCCCCC(C)C)OC(=O)CCCCCCCCCCCCCCCCC(C)C. The van der Waals surface area contributed by atoms with Crippen LogP contribution in [0.15, 0.2) is 0 Å². The molecule has 2 atom stereocenters. The number of hydrogen-bond donors (Lipinski definition) is 0. The zero-order valence-corrected chi connectivity index (χ0v) is 48.3. The monoisotopic (exact) mass is 989 g/mol. The summed E-state index contributed by atoms with van der Waals surface area (Å²) in [6.45, 7) is 13.8. The average molecular weight is 990 g/mol. The highest BCUT2D eigenvalue weighted by atomic mass is 16.6. The molecule has 0 bridgehead atoms. The van der Waals surface area contributed by atoms with Gasteiger partial charge < -0.3 is 14.2 Å². The first-order chi connectivity index (χ1) is 34.1. The Labute approximate surface area is 438 Å². The highest BCUT2D eigenvalue weighted by Crippen LogP contribution is 2.19. The summed E-state index contributed by atoms with van der Waals surface area (Å²) in [5.74, 6) is 1.73. The summed E-state index contributed by atoms with van der Waals surface area (Å²) < 4.78 is 16.9. The number of hydrogen-bond acceptors (Lipinski definition) is 6. The normalized spacial score (nSPS) is 12.5. The third-order valence-electron chi connectivity index (χ3n) is 15.0. The van der Waals surface area contributed by atoms with E-state index in [0.29, 0.717) is 19.3 Å². The van der Waals surface area contributed by atoms with Gasteiger partial charge in [-0.25, -0.2) is 0 Å². The lowest BCUT2D eigenvalue weighted by atomic mass is 9.99.